The molecule has 1 rings (SSSR count). The van der Waals surface area contributed by atoms with Crippen LogP contribution in [0.25, 0.3) is 0 Å². The van der Waals surface area contributed by atoms with Crippen LogP contribution in [0.3, 0.4) is 0 Å². The van der Waals surface area contributed by atoms with Crippen LogP contribution >= 0.6 is 0 Å². The van der Waals surface area contributed by atoms with Crippen molar-refractivity contribution in [1.82, 2.24) is 0 Å². The molecule has 0 aliphatic carbocycles. The van der Waals surface area contributed by atoms with Gasteiger partial charge in [-0.1, -0.05) is 0 Å². The molecule has 1 atom stereocenters. The summed E-state index contributed by atoms with van der Waals surface area (Å²) in [6, 6.07) is 0. The first-order chi connectivity index (χ1) is 2.71. The van der Waals surface area contributed by atoms with E-state index in [2.05, 4.69) is 3.73 Å². The maximum absolute atomic E-state index is 10.1. The second-order valence-corrected chi connectivity index (χ2v) is 5.35. The van der Waals surface area contributed by atoms with E-state index in [1.54, 1.807) is 0 Å². The van der Waals surface area contributed by atoms with Gasteiger partial charge in [0, 0.05) is 0 Å². The van der Waals surface area contributed by atoms with Crippen LogP contribution in [0.4, 0.5) is 0 Å². The zero-order valence-corrected chi connectivity index (χ0v) is 5.00. The molecule has 0 spiro atoms. The quantitative estimate of drug-likeness (QED) is 0.470. The molecule has 0 aromatic heterocycles. The van der Waals surface area contributed by atoms with Gasteiger partial charge in [-0.25, -0.2) is 0 Å². The summed E-state index contributed by atoms with van der Waals surface area (Å²) in [4.78, 5) is 0. The summed E-state index contributed by atoms with van der Waals surface area (Å²) in [5.41, 5.74) is 0. The predicted octanol–water partition coefficient (Wildman–Crippen LogP) is -0.622. The third kappa shape index (κ3) is 0.671. The standard InChI is InChI=1S/C2H5AsO3/c4-3(5)1-2-6-3/h1-2H2,(H,4,5). The van der Waals surface area contributed by atoms with E-state index in [1.165, 1.54) is 0 Å². The van der Waals surface area contributed by atoms with Gasteiger partial charge in [0.2, 0.25) is 0 Å². The number of hydrogen-bond donors (Lipinski definition) is 1. The first-order valence-corrected chi connectivity index (χ1v) is 5.37. The molecule has 0 radical (unpaired) electrons. The van der Waals surface area contributed by atoms with Crippen LogP contribution in [0.15, 0.2) is 0 Å². The topological polar surface area (TPSA) is 46.5 Å². The van der Waals surface area contributed by atoms with Crippen LogP contribution in [0.2, 0.25) is 5.21 Å². The second kappa shape index (κ2) is 1.12. The van der Waals surface area contributed by atoms with Gasteiger partial charge in [-0.15, -0.1) is 0 Å². The van der Waals surface area contributed by atoms with E-state index >= 15 is 0 Å². The van der Waals surface area contributed by atoms with E-state index < -0.39 is 14.2 Å². The summed E-state index contributed by atoms with van der Waals surface area (Å²) in [6.07, 6.45) is 0. The molecule has 1 unspecified atom stereocenters. The van der Waals surface area contributed by atoms with E-state index in [1.807, 2.05) is 0 Å². The fraction of sp³-hybridized carbons (Fsp3) is 1.00. The zero-order valence-electron chi connectivity index (χ0n) is 3.13. The van der Waals surface area contributed by atoms with Gasteiger partial charge in [0.1, 0.15) is 0 Å². The molecule has 0 saturated carbocycles. The van der Waals surface area contributed by atoms with Crippen LogP contribution in [-0.4, -0.2) is 24.9 Å². The fourth-order valence-corrected chi connectivity index (χ4v) is 1.29. The van der Waals surface area contributed by atoms with Gasteiger partial charge in [0.05, 0.1) is 0 Å². The van der Waals surface area contributed by atoms with Crippen molar-refractivity contribution in [2.75, 3.05) is 6.61 Å². The molecule has 6 heavy (non-hydrogen) atoms. The van der Waals surface area contributed by atoms with Crippen molar-refractivity contribution in [2.24, 2.45) is 0 Å². The molecule has 0 bridgehead atoms. The molecule has 3 nitrogen and oxygen atoms in total. The Hall–Kier alpha value is 0.278. The molecule has 1 fully saturated rings. The molecule has 0 amide bonds. The average molecular weight is 152 g/mol. The predicted molar refractivity (Wildman–Crippen MR) is 19.4 cm³/mol. The first-order valence-electron chi connectivity index (χ1n) is 1.67. The fourth-order valence-electron chi connectivity index (χ4n) is 0.247. The van der Waals surface area contributed by atoms with Gasteiger partial charge in [-0.3, -0.25) is 0 Å². The van der Waals surface area contributed by atoms with E-state index in [0.717, 1.165) is 0 Å². The van der Waals surface area contributed by atoms with E-state index in [0.29, 0.717) is 11.8 Å². The van der Waals surface area contributed by atoms with Gasteiger partial charge in [-0.2, -0.15) is 0 Å². The van der Waals surface area contributed by atoms with Crippen molar-refractivity contribution < 1.29 is 11.6 Å². The Bertz CT molecular complexity index is 91.0. The Labute approximate surface area is 38.3 Å². The summed E-state index contributed by atoms with van der Waals surface area (Å²) in [7, 11) is 0. The third-order valence-corrected chi connectivity index (χ3v) is 3.47. The van der Waals surface area contributed by atoms with Crippen molar-refractivity contribution in [3.63, 3.8) is 0 Å². The average Bonchev–Trinajstić information content (AvgIpc) is 1.32. The minimum absolute atomic E-state index is 0.401. The third-order valence-electron chi connectivity index (χ3n) is 0.667. The van der Waals surface area contributed by atoms with Gasteiger partial charge in [0.15, 0.2) is 0 Å². The molecule has 0 aromatic rings. The maximum atomic E-state index is 10.1. The monoisotopic (exact) mass is 152 g/mol. The molecule has 36 valence electrons. The van der Waals surface area contributed by atoms with Gasteiger partial charge < -0.3 is 0 Å². The summed E-state index contributed by atoms with van der Waals surface area (Å²) in [6.45, 7) is 0.479. The summed E-state index contributed by atoms with van der Waals surface area (Å²) >= 11 is -3.48. The zero-order chi connectivity index (χ0) is 4.62. The summed E-state index contributed by atoms with van der Waals surface area (Å²) in [5, 5.41) is 0.401. The Balaban J connectivity index is 2.53. The van der Waals surface area contributed by atoms with Crippen molar-refractivity contribution in [3.05, 3.63) is 0 Å². The van der Waals surface area contributed by atoms with Crippen molar-refractivity contribution in [1.29, 1.82) is 0 Å². The molecular weight excluding hydrogens is 147 g/mol. The number of hydrogen-bond acceptors (Lipinski definition) is 2. The Kier molecular flexibility index (Phi) is 0.830. The molecule has 1 saturated heterocycles. The van der Waals surface area contributed by atoms with Crippen LogP contribution < -0.4 is 0 Å². The van der Waals surface area contributed by atoms with Crippen LogP contribution in [0.1, 0.15) is 0 Å². The van der Waals surface area contributed by atoms with E-state index in [4.69, 9.17) is 4.10 Å². The van der Waals surface area contributed by atoms with Crippen molar-refractivity contribution in [3.8, 4) is 0 Å². The SMILES string of the molecule is O=[As]1(O)CCO1. The minimum atomic E-state index is -3.48. The van der Waals surface area contributed by atoms with E-state index in [9.17, 15) is 3.74 Å². The van der Waals surface area contributed by atoms with Crippen LogP contribution in [0.5, 0.6) is 0 Å². The Morgan fingerprint density at radius 1 is 1.83 bits per heavy atom. The van der Waals surface area contributed by atoms with Gasteiger partial charge in [-0.05, 0) is 0 Å². The van der Waals surface area contributed by atoms with Gasteiger partial charge in [0.25, 0.3) is 0 Å². The van der Waals surface area contributed by atoms with Gasteiger partial charge >= 0.3 is 37.5 Å². The van der Waals surface area contributed by atoms with Crippen molar-refractivity contribution in [2.45, 2.75) is 5.21 Å². The summed E-state index contributed by atoms with van der Waals surface area (Å²) in [5.74, 6) is 0. The first kappa shape index (κ1) is 4.44. The normalized spacial score (nSPS) is 44.8. The molecule has 4 heteroatoms. The molecule has 1 aliphatic heterocycles. The second-order valence-electron chi connectivity index (χ2n) is 1.19. The molecule has 1 aliphatic rings. The Morgan fingerprint density at radius 3 is 2.17 bits per heavy atom. The number of rotatable bonds is 0. The summed E-state index contributed by atoms with van der Waals surface area (Å²) < 4.78 is 22.7. The molecule has 1 N–H and O–H groups in total. The van der Waals surface area contributed by atoms with Crippen molar-refractivity contribution >= 4 is 14.2 Å². The Morgan fingerprint density at radius 2 is 2.17 bits per heavy atom. The molecule has 0 aromatic carbocycles. The van der Waals surface area contributed by atoms with E-state index in [-0.39, 0.29) is 0 Å². The van der Waals surface area contributed by atoms with Crippen LogP contribution in [-0.2, 0) is 7.47 Å². The van der Waals surface area contributed by atoms with Crippen LogP contribution in [0, 0.1) is 0 Å². The molecular formula is C2H5AsO3. The molecule has 1 heterocycles.